The number of carboxylic acid groups (broad SMARTS) is 1. The summed E-state index contributed by atoms with van der Waals surface area (Å²) >= 11 is 0. The van der Waals surface area contributed by atoms with E-state index < -0.39 is 10.9 Å². The van der Waals surface area contributed by atoms with E-state index in [-0.39, 0.29) is 12.1 Å². The molecule has 1 aromatic heterocycles. The van der Waals surface area contributed by atoms with Gasteiger partial charge in [-0.05, 0) is 20.3 Å². The largest absolute Gasteiger partial charge is 0.481 e. The summed E-state index contributed by atoms with van der Waals surface area (Å²) in [5, 5.41) is 26.4. The molecule has 0 fully saturated rings. The van der Waals surface area contributed by atoms with E-state index in [0.717, 1.165) is 0 Å². The van der Waals surface area contributed by atoms with Crippen LogP contribution in [0.3, 0.4) is 0 Å². The van der Waals surface area contributed by atoms with E-state index in [1.807, 2.05) is 6.92 Å². The number of nitrogens with one attached hydrogen (secondary N) is 1. The molecule has 100 valence electrons. The summed E-state index contributed by atoms with van der Waals surface area (Å²) in [5.74, 6) is -0.545. The molecule has 0 atom stereocenters. The molecular weight excluding hydrogens is 240 g/mol. The Morgan fingerprint density at radius 2 is 2.28 bits per heavy atom. The van der Waals surface area contributed by atoms with Crippen LogP contribution in [0.2, 0.25) is 0 Å². The summed E-state index contributed by atoms with van der Waals surface area (Å²) in [6.45, 7) is 4.28. The van der Waals surface area contributed by atoms with Gasteiger partial charge in [0, 0.05) is 19.5 Å². The van der Waals surface area contributed by atoms with Gasteiger partial charge in [-0.25, -0.2) is 4.68 Å². The smallest absolute Gasteiger partial charge is 0.333 e. The number of hydrogen-bond acceptors (Lipinski definition) is 5. The van der Waals surface area contributed by atoms with Crippen LogP contribution in [0.1, 0.15) is 25.5 Å². The number of anilines is 1. The standard InChI is InChI=1S/C10H16N4O4/c1-3-13-10(11-6-4-5-8(15)16)9(14(17)18)7(2)12-13/h11H,3-6H2,1-2H3,(H,15,16). The molecule has 8 heteroatoms. The molecule has 1 aromatic rings. The minimum atomic E-state index is -0.883. The first-order chi connectivity index (χ1) is 8.47. The Bertz CT molecular complexity index is 455. The van der Waals surface area contributed by atoms with Crippen molar-refractivity contribution in [3.8, 4) is 0 Å². The maximum atomic E-state index is 10.9. The number of nitro groups is 1. The highest BCUT2D eigenvalue weighted by atomic mass is 16.6. The topological polar surface area (TPSA) is 110 Å². The second-order valence-electron chi connectivity index (χ2n) is 3.78. The van der Waals surface area contributed by atoms with Gasteiger partial charge in [-0.15, -0.1) is 0 Å². The third kappa shape index (κ3) is 3.19. The molecule has 0 bridgehead atoms. The molecule has 18 heavy (non-hydrogen) atoms. The van der Waals surface area contributed by atoms with Gasteiger partial charge in [0.2, 0.25) is 5.82 Å². The van der Waals surface area contributed by atoms with Crippen LogP contribution in [0.4, 0.5) is 11.5 Å². The van der Waals surface area contributed by atoms with Crippen molar-refractivity contribution < 1.29 is 14.8 Å². The minimum absolute atomic E-state index is 0.0278. The van der Waals surface area contributed by atoms with E-state index in [1.54, 1.807) is 6.92 Å². The van der Waals surface area contributed by atoms with Crippen LogP contribution < -0.4 is 5.32 Å². The van der Waals surface area contributed by atoms with E-state index in [1.165, 1.54) is 4.68 Å². The number of carbonyl (C=O) groups is 1. The zero-order chi connectivity index (χ0) is 13.7. The van der Waals surface area contributed by atoms with Gasteiger partial charge in [-0.1, -0.05) is 0 Å². The molecule has 0 radical (unpaired) electrons. The lowest BCUT2D eigenvalue weighted by Gasteiger charge is -2.06. The van der Waals surface area contributed by atoms with Crippen molar-refractivity contribution in [3.05, 3.63) is 15.8 Å². The molecule has 0 aliphatic carbocycles. The van der Waals surface area contributed by atoms with E-state index in [4.69, 9.17) is 5.11 Å². The zero-order valence-electron chi connectivity index (χ0n) is 10.3. The fraction of sp³-hybridized carbons (Fsp3) is 0.600. The molecule has 1 heterocycles. The highest BCUT2D eigenvalue weighted by Gasteiger charge is 2.24. The van der Waals surface area contributed by atoms with E-state index >= 15 is 0 Å². The maximum absolute atomic E-state index is 10.9. The predicted molar refractivity (Wildman–Crippen MR) is 64.7 cm³/mol. The van der Waals surface area contributed by atoms with Crippen LogP contribution in [-0.2, 0) is 11.3 Å². The average Bonchev–Trinajstić information content (AvgIpc) is 2.60. The van der Waals surface area contributed by atoms with E-state index in [9.17, 15) is 14.9 Å². The summed E-state index contributed by atoms with van der Waals surface area (Å²) in [4.78, 5) is 20.8. The van der Waals surface area contributed by atoms with Crippen LogP contribution in [-0.4, -0.2) is 32.3 Å². The van der Waals surface area contributed by atoms with Crippen LogP contribution >= 0.6 is 0 Å². The van der Waals surface area contributed by atoms with Crippen molar-refractivity contribution in [1.29, 1.82) is 0 Å². The van der Waals surface area contributed by atoms with Gasteiger partial charge < -0.3 is 10.4 Å². The normalized spacial score (nSPS) is 10.3. The molecule has 8 nitrogen and oxygen atoms in total. The lowest BCUT2D eigenvalue weighted by molar-refractivity contribution is -0.384. The Morgan fingerprint density at radius 3 is 2.78 bits per heavy atom. The van der Waals surface area contributed by atoms with E-state index in [0.29, 0.717) is 31.0 Å². The highest BCUT2D eigenvalue weighted by Crippen LogP contribution is 2.27. The number of aryl methyl sites for hydroxylation is 2. The second kappa shape index (κ2) is 5.99. The van der Waals surface area contributed by atoms with Crippen LogP contribution in [0, 0.1) is 17.0 Å². The van der Waals surface area contributed by atoms with Gasteiger partial charge in [0.25, 0.3) is 0 Å². The Kier molecular flexibility index (Phi) is 4.64. The second-order valence-corrected chi connectivity index (χ2v) is 3.78. The number of rotatable bonds is 7. The Hall–Kier alpha value is -2.12. The number of aromatic nitrogens is 2. The third-order valence-corrected chi connectivity index (χ3v) is 2.44. The summed E-state index contributed by atoms with van der Waals surface area (Å²) in [5.41, 5.74) is 0.301. The van der Waals surface area contributed by atoms with E-state index in [2.05, 4.69) is 10.4 Å². The van der Waals surface area contributed by atoms with Crippen LogP contribution in [0.15, 0.2) is 0 Å². The quantitative estimate of drug-likeness (QED) is 0.433. The van der Waals surface area contributed by atoms with Crippen LogP contribution in [0.25, 0.3) is 0 Å². The SMILES string of the molecule is CCn1nc(C)c([N+](=O)[O-])c1NCCCC(=O)O. The molecule has 0 spiro atoms. The van der Waals surface area contributed by atoms with Crippen molar-refractivity contribution >= 4 is 17.5 Å². The Morgan fingerprint density at radius 1 is 1.61 bits per heavy atom. The van der Waals surface area contributed by atoms with Crippen molar-refractivity contribution in [3.63, 3.8) is 0 Å². The first-order valence-corrected chi connectivity index (χ1v) is 5.64. The molecule has 1 rings (SSSR count). The molecule has 0 aliphatic heterocycles. The first kappa shape index (κ1) is 13.9. The van der Waals surface area contributed by atoms with Crippen molar-refractivity contribution in [2.24, 2.45) is 0 Å². The molecule has 0 unspecified atom stereocenters. The van der Waals surface area contributed by atoms with Crippen molar-refractivity contribution in [2.75, 3.05) is 11.9 Å². The number of hydrogen-bond donors (Lipinski definition) is 2. The van der Waals surface area contributed by atoms with Gasteiger partial charge in [-0.2, -0.15) is 5.10 Å². The molecular formula is C10H16N4O4. The van der Waals surface area contributed by atoms with Crippen molar-refractivity contribution in [2.45, 2.75) is 33.2 Å². The molecule has 0 aliphatic rings. The van der Waals surface area contributed by atoms with Gasteiger partial charge in [0.1, 0.15) is 5.69 Å². The molecule has 0 aromatic carbocycles. The summed E-state index contributed by atoms with van der Waals surface area (Å²) in [6.07, 6.45) is 0.431. The van der Waals surface area contributed by atoms with Gasteiger partial charge in [0.05, 0.1) is 4.92 Å². The number of carboxylic acids is 1. The highest BCUT2D eigenvalue weighted by molar-refractivity contribution is 5.66. The fourth-order valence-electron chi connectivity index (χ4n) is 1.64. The summed E-state index contributed by atoms with van der Waals surface area (Å²) in [6, 6.07) is 0. The van der Waals surface area contributed by atoms with Gasteiger partial charge >= 0.3 is 11.7 Å². The monoisotopic (exact) mass is 256 g/mol. The summed E-state index contributed by atoms with van der Waals surface area (Å²) < 4.78 is 1.51. The zero-order valence-corrected chi connectivity index (χ0v) is 10.3. The lowest BCUT2D eigenvalue weighted by atomic mass is 10.3. The van der Waals surface area contributed by atoms with Crippen molar-refractivity contribution in [1.82, 2.24) is 9.78 Å². The molecule has 0 saturated carbocycles. The lowest BCUT2D eigenvalue weighted by Crippen LogP contribution is -2.10. The predicted octanol–water partition coefficient (Wildman–Crippen LogP) is 1.40. The molecule has 2 N–H and O–H groups in total. The Labute approximate surface area is 104 Å². The Balaban J connectivity index is 2.79. The fourth-order valence-corrected chi connectivity index (χ4v) is 1.64. The minimum Gasteiger partial charge on any atom is -0.481 e. The molecule has 0 amide bonds. The summed E-state index contributed by atoms with van der Waals surface area (Å²) in [7, 11) is 0. The molecule has 0 saturated heterocycles. The third-order valence-electron chi connectivity index (χ3n) is 2.44. The number of nitrogens with zero attached hydrogens (tertiary/aromatic N) is 3. The number of aliphatic carboxylic acids is 1. The first-order valence-electron chi connectivity index (χ1n) is 5.64. The van der Waals surface area contributed by atoms with Gasteiger partial charge in [-0.3, -0.25) is 14.9 Å². The van der Waals surface area contributed by atoms with Crippen LogP contribution in [0.5, 0.6) is 0 Å². The van der Waals surface area contributed by atoms with Gasteiger partial charge in [0.15, 0.2) is 0 Å². The average molecular weight is 256 g/mol. The maximum Gasteiger partial charge on any atom is 0.333 e.